The fraction of sp³-hybridized carbons (Fsp3) is 0.0625. The summed E-state index contributed by atoms with van der Waals surface area (Å²) in [7, 11) is 0. The first-order valence-electron chi connectivity index (χ1n) is 6.62. The lowest BCUT2D eigenvalue weighted by Crippen LogP contribution is -2.07. The van der Waals surface area contributed by atoms with Crippen molar-refractivity contribution in [1.82, 2.24) is 0 Å². The predicted octanol–water partition coefficient (Wildman–Crippen LogP) is 4.14. The third-order valence-corrected chi connectivity index (χ3v) is 3.35. The molecule has 2 aromatic carbocycles. The lowest BCUT2D eigenvalue weighted by atomic mass is 10.1. The number of benzene rings is 2. The summed E-state index contributed by atoms with van der Waals surface area (Å²) in [6, 6.07) is 11.1. The first kappa shape index (κ1) is 15.0. The highest BCUT2D eigenvalue weighted by Gasteiger charge is 2.30. The molecule has 0 bridgehead atoms. The maximum absolute atomic E-state index is 12.6. The van der Waals surface area contributed by atoms with Crippen molar-refractivity contribution in [3.8, 4) is 0 Å². The number of rotatable bonds is 2. The highest BCUT2D eigenvalue weighted by molar-refractivity contribution is 5.98. The van der Waals surface area contributed by atoms with Gasteiger partial charge in [-0.2, -0.15) is 13.2 Å². The van der Waals surface area contributed by atoms with E-state index >= 15 is 0 Å². The van der Waals surface area contributed by atoms with Crippen molar-refractivity contribution in [3.05, 3.63) is 64.5 Å². The standard InChI is InChI=1S/C16H11F3N2O2/c17-16(18,19)9-5-7-10(8-6-9)21-13-11-3-1-2-4-12(11)15(22)23-14(13)20/h1-8,21H,20H2. The van der Waals surface area contributed by atoms with Gasteiger partial charge in [-0.15, -0.1) is 0 Å². The minimum atomic E-state index is -4.40. The van der Waals surface area contributed by atoms with Crippen molar-refractivity contribution < 1.29 is 17.6 Å². The van der Waals surface area contributed by atoms with E-state index in [9.17, 15) is 18.0 Å². The van der Waals surface area contributed by atoms with Gasteiger partial charge in [0.15, 0.2) is 0 Å². The second-order valence-electron chi connectivity index (χ2n) is 4.87. The summed E-state index contributed by atoms with van der Waals surface area (Å²) in [6.45, 7) is 0. The number of nitrogen functional groups attached to an aromatic ring is 1. The van der Waals surface area contributed by atoms with E-state index in [4.69, 9.17) is 10.2 Å². The maximum Gasteiger partial charge on any atom is 0.416 e. The largest absolute Gasteiger partial charge is 0.416 e. The Hall–Kier alpha value is -2.96. The Morgan fingerprint density at radius 2 is 1.57 bits per heavy atom. The van der Waals surface area contributed by atoms with Gasteiger partial charge in [0.1, 0.15) is 5.69 Å². The van der Waals surface area contributed by atoms with Crippen LogP contribution in [0.2, 0.25) is 0 Å². The van der Waals surface area contributed by atoms with Crippen LogP contribution in [0.15, 0.2) is 57.7 Å². The summed E-state index contributed by atoms with van der Waals surface area (Å²) < 4.78 is 42.7. The normalized spacial score (nSPS) is 11.6. The zero-order valence-corrected chi connectivity index (χ0v) is 11.6. The van der Waals surface area contributed by atoms with Gasteiger partial charge in [-0.25, -0.2) is 4.79 Å². The third kappa shape index (κ3) is 2.85. The van der Waals surface area contributed by atoms with Crippen molar-refractivity contribution in [2.75, 3.05) is 11.1 Å². The number of alkyl halides is 3. The summed E-state index contributed by atoms with van der Waals surface area (Å²) in [5.41, 5.74) is 5.13. The molecule has 3 N–H and O–H groups in total. The molecule has 0 amide bonds. The molecule has 0 radical (unpaired) electrons. The van der Waals surface area contributed by atoms with Crippen molar-refractivity contribution in [3.63, 3.8) is 0 Å². The second kappa shape index (κ2) is 5.35. The van der Waals surface area contributed by atoms with E-state index in [0.29, 0.717) is 22.1 Å². The zero-order valence-electron chi connectivity index (χ0n) is 11.6. The number of halogens is 3. The number of hydrogen-bond donors (Lipinski definition) is 2. The molecule has 1 heterocycles. The van der Waals surface area contributed by atoms with Gasteiger partial charge in [0.2, 0.25) is 5.88 Å². The SMILES string of the molecule is Nc1oc(=O)c2ccccc2c1Nc1ccc(C(F)(F)F)cc1. The molecule has 118 valence electrons. The van der Waals surface area contributed by atoms with E-state index in [2.05, 4.69) is 5.32 Å². The van der Waals surface area contributed by atoms with E-state index in [0.717, 1.165) is 12.1 Å². The molecule has 1 aromatic heterocycles. The maximum atomic E-state index is 12.6. The van der Waals surface area contributed by atoms with Crippen molar-refractivity contribution >= 4 is 28.0 Å². The number of hydrogen-bond acceptors (Lipinski definition) is 4. The Balaban J connectivity index is 2.04. The smallest absolute Gasteiger partial charge is 0.404 e. The van der Waals surface area contributed by atoms with Crippen LogP contribution >= 0.6 is 0 Å². The second-order valence-corrected chi connectivity index (χ2v) is 4.87. The van der Waals surface area contributed by atoms with Gasteiger partial charge in [0.25, 0.3) is 0 Å². The number of nitrogens with two attached hydrogens (primary N) is 1. The summed E-state index contributed by atoms with van der Waals surface area (Å²) in [5.74, 6) is -0.131. The van der Waals surface area contributed by atoms with E-state index in [1.807, 2.05) is 0 Å². The summed E-state index contributed by atoms with van der Waals surface area (Å²) in [5, 5.41) is 3.75. The molecule has 0 unspecified atom stereocenters. The number of anilines is 3. The van der Waals surface area contributed by atoms with Gasteiger partial charge in [0, 0.05) is 11.1 Å². The average Bonchev–Trinajstić information content (AvgIpc) is 2.51. The van der Waals surface area contributed by atoms with Gasteiger partial charge < -0.3 is 15.5 Å². The molecule has 0 spiro atoms. The van der Waals surface area contributed by atoms with Crippen LogP contribution in [0.25, 0.3) is 10.8 Å². The number of nitrogens with one attached hydrogen (secondary N) is 1. The molecular weight excluding hydrogens is 309 g/mol. The molecule has 0 aliphatic carbocycles. The minimum absolute atomic E-state index is 0.131. The van der Waals surface area contributed by atoms with Gasteiger partial charge >= 0.3 is 11.8 Å². The Labute approximate surface area is 128 Å². The summed E-state index contributed by atoms with van der Waals surface area (Å²) >= 11 is 0. The van der Waals surface area contributed by atoms with E-state index in [-0.39, 0.29) is 5.88 Å². The van der Waals surface area contributed by atoms with E-state index in [1.165, 1.54) is 12.1 Å². The minimum Gasteiger partial charge on any atom is -0.404 e. The lowest BCUT2D eigenvalue weighted by molar-refractivity contribution is -0.137. The molecule has 0 atom stereocenters. The van der Waals surface area contributed by atoms with Gasteiger partial charge in [0.05, 0.1) is 10.9 Å². The molecule has 3 aromatic rings. The quantitative estimate of drug-likeness (QED) is 0.745. The molecule has 0 saturated heterocycles. The van der Waals surface area contributed by atoms with Crippen molar-refractivity contribution in [1.29, 1.82) is 0 Å². The Bertz CT molecular complexity index is 915. The van der Waals surface area contributed by atoms with Crippen LogP contribution in [-0.2, 0) is 6.18 Å². The summed E-state index contributed by atoms with van der Waals surface area (Å²) in [4.78, 5) is 11.8. The molecule has 7 heteroatoms. The van der Waals surface area contributed by atoms with Gasteiger partial charge in [-0.1, -0.05) is 18.2 Å². The first-order chi connectivity index (χ1) is 10.9. The van der Waals surface area contributed by atoms with Crippen LogP contribution < -0.4 is 16.7 Å². The molecule has 0 aliphatic rings. The van der Waals surface area contributed by atoms with Gasteiger partial charge in [-0.05, 0) is 30.3 Å². The van der Waals surface area contributed by atoms with Crippen LogP contribution in [0.3, 0.4) is 0 Å². The fourth-order valence-corrected chi connectivity index (χ4v) is 2.23. The highest BCUT2D eigenvalue weighted by atomic mass is 19.4. The van der Waals surface area contributed by atoms with Crippen LogP contribution in [0.5, 0.6) is 0 Å². The predicted molar refractivity (Wildman–Crippen MR) is 81.6 cm³/mol. The Kier molecular flexibility index (Phi) is 3.48. The monoisotopic (exact) mass is 320 g/mol. The molecular formula is C16H11F3N2O2. The zero-order chi connectivity index (χ0) is 16.6. The van der Waals surface area contributed by atoms with Crippen molar-refractivity contribution in [2.45, 2.75) is 6.18 Å². The average molecular weight is 320 g/mol. The highest BCUT2D eigenvalue weighted by Crippen LogP contribution is 2.33. The van der Waals surface area contributed by atoms with Gasteiger partial charge in [-0.3, -0.25) is 0 Å². The molecule has 0 saturated carbocycles. The molecule has 23 heavy (non-hydrogen) atoms. The van der Waals surface area contributed by atoms with Crippen LogP contribution in [0.1, 0.15) is 5.56 Å². The Morgan fingerprint density at radius 1 is 0.957 bits per heavy atom. The van der Waals surface area contributed by atoms with Crippen LogP contribution in [0, 0.1) is 0 Å². The Morgan fingerprint density at radius 3 is 2.17 bits per heavy atom. The van der Waals surface area contributed by atoms with E-state index < -0.39 is 17.4 Å². The third-order valence-electron chi connectivity index (χ3n) is 3.35. The molecule has 3 rings (SSSR count). The van der Waals surface area contributed by atoms with Crippen molar-refractivity contribution in [2.24, 2.45) is 0 Å². The summed E-state index contributed by atoms with van der Waals surface area (Å²) in [6.07, 6.45) is -4.40. The topological polar surface area (TPSA) is 68.3 Å². The van der Waals surface area contributed by atoms with Crippen LogP contribution in [0.4, 0.5) is 30.4 Å². The fourth-order valence-electron chi connectivity index (χ4n) is 2.23. The van der Waals surface area contributed by atoms with Crippen LogP contribution in [-0.4, -0.2) is 0 Å². The molecule has 0 aliphatic heterocycles. The molecule has 4 nitrogen and oxygen atoms in total. The number of fused-ring (bicyclic) bond motifs is 1. The van der Waals surface area contributed by atoms with E-state index in [1.54, 1.807) is 24.3 Å². The first-order valence-corrected chi connectivity index (χ1v) is 6.62. The molecule has 0 fully saturated rings. The lowest BCUT2D eigenvalue weighted by Gasteiger charge is -2.12.